The van der Waals surface area contributed by atoms with Crippen molar-refractivity contribution in [2.24, 2.45) is 0 Å². The summed E-state index contributed by atoms with van der Waals surface area (Å²) in [7, 11) is 1.22. The van der Waals surface area contributed by atoms with E-state index < -0.39 is 5.97 Å². The summed E-state index contributed by atoms with van der Waals surface area (Å²) in [5.74, 6) is 0.269. The number of ether oxygens (including phenoxy) is 1. The second kappa shape index (κ2) is 8.35. The van der Waals surface area contributed by atoms with Crippen LogP contribution in [0.4, 0.5) is 5.82 Å². The van der Waals surface area contributed by atoms with E-state index in [2.05, 4.69) is 15.3 Å². The summed E-state index contributed by atoms with van der Waals surface area (Å²) >= 11 is 24.6. The fourth-order valence-electron chi connectivity index (χ4n) is 2.19. The molecule has 140 valence electrons. The van der Waals surface area contributed by atoms with Crippen molar-refractivity contribution in [3.05, 3.63) is 62.1 Å². The van der Waals surface area contributed by atoms with Gasteiger partial charge in [-0.1, -0.05) is 46.4 Å². The fourth-order valence-corrected chi connectivity index (χ4v) is 3.05. The number of methoxy groups -OCH3 is 1. The van der Waals surface area contributed by atoms with Crippen LogP contribution in [0.15, 0.2) is 34.9 Å². The molecular weight excluding hydrogens is 436 g/mol. The van der Waals surface area contributed by atoms with E-state index in [0.29, 0.717) is 17.9 Å². The zero-order valence-electron chi connectivity index (χ0n) is 13.7. The summed E-state index contributed by atoms with van der Waals surface area (Å²) in [5, 5.41) is 3.82. The number of carbonyl (C=O) groups is 1. The predicted molar refractivity (Wildman–Crippen MR) is 105 cm³/mol. The number of nitrogens with one attached hydrogen (secondary N) is 1. The van der Waals surface area contributed by atoms with Gasteiger partial charge in [0.2, 0.25) is 0 Å². The Bertz CT molecular complexity index is 994. The van der Waals surface area contributed by atoms with Crippen LogP contribution >= 0.6 is 46.4 Å². The SMILES string of the molecule is COC(=O)c1nc(-c2cc(Cl)c(Cl)cc2Cl)nc(NCc2ccco2)c1Cl. The standard InChI is InChI=1S/C17H11Cl4N3O3/c1-26-17(25)14-13(21)16(22-7-8-3-2-4-27-8)24-15(23-14)9-5-11(19)12(20)6-10(9)18/h2-6H,7H2,1H3,(H,22,23,24). The lowest BCUT2D eigenvalue weighted by molar-refractivity contribution is 0.0594. The van der Waals surface area contributed by atoms with Crippen LogP contribution in [0.1, 0.15) is 16.2 Å². The number of aromatic nitrogens is 2. The van der Waals surface area contributed by atoms with Gasteiger partial charge in [-0.05, 0) is 24.3 Å². The van der Waals surface area contributed by atoms with Crippen molar-refractivity contribution in [3.8, 4) is 11.4 Å². The average Bonchev–Trinajstić information content (AvgIpc) is 3.17. The highest BCUT2D eigenvalue weighted by Crippen LogP contribution is 2.36. The molecule has 0 aliphatic heterocycles. The monoisotopic (exact) mass is 445 g/mol. The third kappa shape index (κ3) is 4.30. The molecule has 1 N–H and O–H groups in total. The van der Waals surface area contributed by atoms with Crippen LogP contribution in [-0.2, 0) is 11.3 Å². The highest BCUT2D eigenvalue weighted by Gasteiger charge is 2.22. The zero-order valence-corrected chi connectivity index (χ0v) is 16.7. The van der Waals surface area contributed by atoms with Gasteiger partial charge in [-0.15, -0.1) is 0 Å². The molecule has 10 heteroatoms. The smallest absolute Gasteiger partial charge is 0.358 e. The Morgan fingerprint density at radius 1 is 1.15 bits per heavy atom. The quantitative estimate of drug-likeness (QED) is 0.397. The van der Waals surface area contributed by atoms with Crippen LogP contribution in [0.25, 0.3) is 11.4 Å². The van der Waals surface area contributed by atoms with E-state index in [1.165, 1.54) is 19.2 Å². The van der Waals surface area contributed by atoms with Crippen molar-refractivity contribution >= 4 is 58.2 Å². The molecule has 3 aromatic rings. The van der Waals surface area contributed by atoms with E-state index in [1.807, 2.05) is 0 Å². The number of hydrogen-bond acceptors (Lipinski definition) is 6. The normalized spacial score (nSPS) is 10.7. The van der Waals surface area contributed by atoms with Crippen LogP contribution in [0.3, 0.4) is 0 Å². The van der Waals surface area contributed by atoms with Gasteiger partial charge < -0.3 is 14.5 Å². The Morgan fingerprint density at radius 3 is 2.56 bits per heavy atom. The van der Waals surface area contributed by atoms with Gasteiger partial charge >= 0.3 is 5.97 Å². The number of rotatable bonds is 5. The van der Waals surface area contributed by atoms with Gasteiger partial charge in [0.25, 0.3) is 0 Å². The second-order valence-electron chi connectivity index (χ2n) is 5.23. The zero-order chi connectivity index (χ0) is 19.6. The molecular formula is C17H11Cl4N3O3. The van der Waals surface area contributed by atoms with Crippen molar-refractivity contribution in [2.75, 3.05) is 12.4 Å². The maximum absolute atomic E-state index is 12.1. The summed E-state index contributed by atoms with van der Waals surface area (Å²) in [6.45, 7) is 0.291. The van der Waals surface area contributed by atoms with Crippen LogP contribution in [0.5, 0.6) is 0 Å². The maximum Gasteiger partial charge on any atom is 0.358 e. The first kappa shape index (κ1) is 19.8. The number of furan rings is 1. The molecule has 3 rings (SSSR count). The molecule has 0 unspecified atom stereocenters. The van der Waals surface area contributed by atoms with E-state index in [0.717, 1.165) is 0 Å². The van der Waals surface area contributed by atoms with E-state index in [9.17, 15) is 4.79 Å². The van der Waals surface area contributed by atoms with Gasteiger partial charge in [0.15, 0.2) is 11.5 Å². The highest BCUT2D eigenvalue weighted by atomic mass is 35.5. The first-order chi connectivity index (χ1) is 12.9. The third-order valence-electron chi connectivity index (χ3n) is 3.49. The Kier molecular flexibility index (Phi) is 6.11. The summed E-state index contributed by atoms with van der Waals surface area (Å²) in [4.78, 5) is 20.6. The predicted octanol–water partition coefficient (Wildman–Crippen LogP) is 5.75. The number of hydrogen-bond donors (Lipinski definition) is 1. The first-order valence-corrected chi connectivity index (χ1v) is 8.99. The molecule has 0 bridgehead atoms. The van der Waals surface area contributed by atoms with Crippen LogP contribution in [0.2, 0.25) is 20.1 Å². The molecule has 0 amide bonds. The van der Waals surface area contributed by atoms with E-state index in [-0.39, 0.29) is 37.4 Å². The van der Waals surface area contributed by atoms with Gasteiger partial charge in [0.1, 0.15) is 16.6 Å². The van der Waals surface area contributed by atoms with Crippen molar-refractivity contribution < 1.29 is 13.9 Å². The molecule has 6 nitrogen and oxygen atoms in total. The van der Waals surface area contributed by atoms with Gasteiger partial charge in [-0.3, -0.25) is 0 Å². The molecule has 0 radical (unpaired) electrons. The van der Waals surface area contributed by atoms with Gasteiger partial charge in [-0.2, -0.15) is 0 Å². The number of esters is 1. The van der Waals surface area contributed by atoms with Crippen LogP contribution in [-0.4, -0.2) is 23.0 Å². The lowest BCUT2D eigenvalue weighted by Crippen LogP contribution is -2.11. The molecule has 1 aromatic carbocycles. The lowest BCUT2D eigenvalue weighted by Gasteiger charge is -2.12. The average molecular weight is 447 g/mol. The van der Waals surface area contributed by atoms with Crippen molar-refractivity contribution in [2.45, 2.75) is 6.54 Å². The molecule has 2 aromatic heterocycles. The Labute approximate surface area is 174 Å². The molecule has 27 heavy (non-hydrogen) atoms. The van der Waals surface area contributed by atoms with Crippen molar-refractivity contribution in [3.63, 3.8) is 0 Å². The minimum atomic E-state index is -0.721. The number of nitrogens with zero attached hydrogens (tertiary/aromatic N) is 2. The summed E-state index contributed by atoms with van der Waals surface area (Å²) in [6, 6.07) is 6.50. The highest BCUT2D eigenvalue weighted by molar-refractivity contribution is 6.44. The topological polar surface area (TPSA) is 77.2 Å². The largest absolute Gasteiger partial charge is 0.467 e. The minimum Gasteiger partial charge on any atom is -0.467 e. The molecule has 0 atom stereocenters. The molecule has 0 saturated carbocycles. The third-order valence-corrected chi connectivity index (χ3v) is 4.88. The molecule has 0 spiro atoms. The number of carbonyl (C=O) groups excluding carboxylic acids is 1. The molecule has 0 fully saturated rings. The first-order valence-electron chi connectivity index (χ1n) is 7.47. The fraction of sp³-hybridized carbons (Fsp3) is 0.118. The number of halogens is 4. The Balaban J connectivity index is 2.09. The van der Waals surface area contributed by atoms with Gasteiger partial charge in [-0.25, -0.2) is 14.8 Å². The van der Waals surface area contributed by atoms with Crippen LogP contribution < -0.4 is 5.32 Å². The molecule has 2 heterocycles. The molecule has 0 aliphatic rings. The Hall–Kier alpha value is -1.99. The molecule has 0 aliphatic carbocycles. The Morgan fingerprint density at radius 2 is 1.89 bits per heavy atom. The minimum absolute atomic E-state index is 0.00772. The number of benzene rings is 1. The maximum atomic E-state index is 12.1. The van der Waals surface area contributed by atoms with Crippen molar-refractivity contribution in [1.82, 2.24) is 9.97 Å². The number of anilines is 1. The van der Waals surface area contributed by atoms with E-state index in [4.69, 9.17) is 55.6 Å². The summed E-state index contributed by atoms with van der Waals surface area (Å²) < 4.78 is 10.0. The van der Waals surface area contributed by atoms with E-state index in [1.54, 1.807) is 18.4 Å². The molecule has 0 saturated heterocycles. The van der Waals surface area contributed by atoms with Gasteiger partial charge in [0.05, 0.1) is 35.0 Å². The van der Waals surface area contributed by atoms with Gasteiger partial charge in [0, 0.05) is 5.56 Å². The van der Waals surface area contributed by atoms with Crippen LogP contribution in [0, 0.1) is 0 Å². The van der Waals surface area contributed by atoms with Crippen molar-refractivity contribution in [1.29, 1.82) is 0 Å². The summed E-state index contributed by atoms with van der Waals surface area (Å²) in [6.07, 6.45) is 1.54. The van der Waals surface area contributed by atoms with E-state index >= 15 is 0 Å². The summed E-state index contributed by atoms with van der Waals surface area (Å²) in [5.41, 5.74) is 0.266. The second-order valence-corrected chi connectivity index (χ2v) is 6.83. The lowest BCUT2D eigenvalue weighted by atomic mass is 10.2.